The fourth-order valence-electron chi connectivity index (χ4n) is 1.85. The van der Waals surface area contributed by atoms with Crippen molar-refractivity contribution in [3.63, 3.8) is 0 Å². The summed E-state index contributed by atoms with van der Waals surface area (Å²) in [5, 5.41) is 11.7. The minimum atomic E-state index is -0.265. The molecule has 0 aromatic heterocycles. The van der Waals surface area contributed by atoms with E-state index < -0.39 is 0 Å². The molecule has 1 heterocycles. The fourth-order valence-corrected chi connectivity index (χ4v) is 1.85. The smallest absolute Gasteiger partial charge is 0.222 e. The molecular formula is C10H19N3O2. The second kappa shape index (κ2) is 4.51. The van der Waals surface area contributed by atoms with Gasteiger partial charge in [-0.1, -0.05) is 19.0 Å². The molecule has 0 aliphatic carbocycles. The van der Waals surface area contributed by atoms with Gasteiger partial charge >= 0.3 is 0 Å². The zero-order valence-electron chi connectivity index (χ0n) is 9.36. The van der Waals surface area contributed by atoms with Crippen molar-refractivity contribution in [2.75, 3.05) is 13.1 Å². The van der Waals surface area contributed by atoms with E-state index in [1.807, 2.05) is 18.7 Å². The molecule has 1 aliphatic rings. The lowest BCUT2D eigenvalue weighted by molar-refractivity contribution is -0.132. The Morgan fingerprint density at radius 2 is 2.07 bits per heavy atom. The van der Waals surface area contributed by atoms with E-state index in [2.05, 4.69) is 5.16 Å². The molecule has 3 N–H and O–H groups in total. The van der Waals surface area contributed by atoms with E-state index >= 15 is 0 Å². The van der Waals surface area contributed by atoms with Crippen LogP contribution in [-0.2, 0) is 4.79 Å². The molecule has 1 aliphatic heterocycles. The number of carbonyl (C=O) groups is 1. The zero-order valence-corrected chi connectivity index (χ0v) is 9.36. The van der Waals surface area contributed by atoms with E-state index in [9.17, 15) is 4.79 Å². The van der Waals surface area contributed by atoms with Crippen molar-refractivity contribution < 1.29 is 10.0 Å². The lowest BCUT2D eigenvalue weighted by atomic mass is 9.79. The number of nitrogens with two attached hydrogens (primary N) is 1. The van der Waals surface area contributed by atoms with Crippen LogP contribution in [0.2, 0.25) is 0 Å². The van der Waals surface area contributed by atoms with Gasteiger partial charge in [0.05, 0.1) is 0 Å². The summed E-state index contributed by atoms with van der Waals surface area (Å²) in [6, 6.07) is 0. The first-order valence-electron chi connectivity index (χ1n) is 5.29. The number of hydrogen-bond acceptors (Lipinski definition) is 3. The third-order valence-corrected chi connectivity index (χ3v) is 3.25. The molecule has 0 unspecified atom stereocenters. The Bertz CT molecular complexity index is 268. The Kier molecular flexibility index (Phi) is 3.55. The Morgan fingerprint density at radius 3 is 2.47 bits per heavy atom. The molecule has 0 saturated carbocycles. The Labute approximate surface area is 89.9 Å². The molecule has 0 spiro atoms. The number of hydrogen-bond donors (Lipinski definition) is 2. The highest BCUT2D eigenvalue weighted by atomic mass is 16.4. The maximum Gasteiger partial charge on any atom is 0.222 e. The van der Waals surface area contributed by atoms with Crippen molar-refractivity contribution in [3.05, 3.63) is 0 Å². The Hall–Kier alpha value is -1.26. The number of nitrogens with zero attached hydrogens (tertiary/aromatic N) is 2. The van der Waals surface area contributed by atoms with Gasteiger partial charge in [0, 0.05) is 24.9 Å². The van der Waals surface area contributed by atoms with Crippen molar-refractivity contribution in [1.29, 1.82) is 0 Å². The summed E-state index contributed by atoms with van der Waals surface area (Å²) in [6.45, 7) is 5.22. The molecule has 0 radical (unpaired) electrons. The minimum Gasteiger partial charge on any atom is -0.409 e. The van der Waals surface area contributed by atoms with Crippen LogP contribution in [-0.4, -0.2) is 34.9 Å². The van der Waals surface area contributed by atoms with Crippen LogP contribution in [0.4, 0.5) is 0 Å². The molecule has 0 aromatic rings. The van der Waals surface area contributed by atoms with Gasteiger partial charge in [0.25, 0.3) is 0 Å². The van der Waals surface area contributed by atoms with E-state index in [0.717, 1.165) is 12.8 Å². The lowest BCUT2D eigenvalue weighted by Gasteiger charge is -2.38. The first kappa shape index (κ1) is 11.8. The van der Waals surface area contributed by atoms with Crippen molar-refractivity contribution in [2.24, 2.45) is 16.3 Å². The van der Waals surface area contributed by atoms with Gasteiger partial charge in [-0.3, -0.25) is 4.79 Å². The van der Waals surface area contributed by atoms with Gasteiger partial charge in [-0.05, 0) is 12.8 Å². The van der Waals surface area contributed by atoms with Gasteiger partial charge in [-0.15, -0.1) is 0 Å². The van der Waals surface area contributed by atoms with E-state index in [1.165, 1.54) is 0 Å². The van der Waals surface area contributed by atoms with Crippen LogP contribution in [0.5, 0.6) is 0 Å². The highest BCUT2D eigenvalue weighted by Crippen LogP contribution is 2.31. The summed E-state index contributed by atoms with van der Waals surface area (Å²) in [5.41, 5.74) is 5.37. The molecule has 1 saturated heterocycles. The largest absolute Gasteiger partial charge is 0.409 e. The standard InChI is InChI=1S/C10H19N3O2/c1-3-8(14)13-6-4-10(2,5-7-13)9(11)12-15/h15H,3-7H2,1-2H3,(H2,11,12). The fraction of sp³-hybridized carbons (Fsp3) is 0.800. The van der Waals surface area contributed by atoms with E-state index in [-0.39, 0.29) is 17.2 Å². The lowest BCUT2D eigenvalue weighted by Crippen LogP contribution is -2.47. The molecule has 5 heteroatoms. The van der Waals surface area contributed by atoms with Gasteiger partial charge in [0.15, 0.2) is 0 Å². The number of amidine groups is 1. The number of carbonyl (C=O) groups excluding carboxylic acids is 1. The summed E-state index contributed by atoms with van der Waals surface area (Å²) in [5.74, 6) is 0.447. The van der Waals surface area contributed by atoms with Crippen LogP contribution in [0.15, 0.2) is 5.16 Å². The van der Waals surface area contributed by atoms with Crippen molar-refractivity contribution in [3.8, 4) is 0 Å². The van der Waals surface area contributed by atoms with Crippen LogP contribution in [0, 0.1) is 5.41 Å². The van der Waals surface area contributed by atoms with Crippen LogP contribution in [0.3, 0.4) is 0 Å². The predicted molar refractivity (Wildman–Crippen MR) is 57.6 cm³/mol. The molecule has 1 rings (SSSR count). The highest BCUT2D eigenvalue weighted by Gasteiger charge is 2.35. The van der Waals surface area contributed by atoms with E-state index in [1.54, 1.807) is 0 Å². The molecular weight excluding hydrogens is 194 g/mol. The molecule has 1 amide bonds. The summed E-state index contributed by atoms with van der Waals surface area (Å²) >= 11 is 0. The van der Waals surface area contributed by atoms with Gasteiger partial charge in [-0.25, -0.2) is 0 Å². The molecule has 0 aromatic carbocycles. The quantitative estimate of drug-likeness (QED) is 0.308. The minimum absolute atomic E-state index is 0.177. The zero-order chi connectivity index (χ0) is 11.5. The van der Waals surface area contributed by atoms with Gasteiger partial charge in [0.1, 0.15) is 5.84 Å². The number of oxime groups is 1. The number of piperidine rings is 1. The summed E-state index contributed by atoms with van der Waals surface area (Å²) in [4.78, 5) is 13.3. The van der Waals surface area contributed by atoms with Gasteiger partial charge in [-0.2, -0.15) is 0 Å². The van der Waals surface area contributed by atoms with E-state index in [4.69, 9.17) is 10.9 Å². The molecule has 15 heavy (non-hydrogen) atoms. The number of rotatable bonds is 2. The SMILES string of the molecule is CCC(=O)N1CCC(C)(C(N)=NO)CC1. The summed E-state index contributed by atoms with van der Waals surface area (Å²) in [7, 11) is 0. The average molecular weight is 213 g/mol. The molecule has 86 valence electrons. The maximum absolute atomic E-state index is 11.4. The van der Waals surface area contributed by atoms with Gasteiger partial charge < -0.3 is 15.8 Å². The van der Waals surface area contributed by atoms with Crippen LogP contribution in [0.25, 0.3) is 0 Å². The van der Waals surface area contributed by atoms with Crippen molar-refractivity contribution >= 4 is 11.7 Å². The summed E-state index contributed by atoms with van der Waals surface area (Å²) < 4.78 is 0. The first-order chi connectivity index (χ1) is 7.03. The second-order valence-corrected chi connectivity index (χ2v) is 4.28. The average Bonchev–Trinajstić information content (AvgIpc) is 2.28. The van der Waals surface area contributed by atoms with Crippen LogP contribution in [0.1, 0.15) is 33.1 Å². The molecule has 0 bridgehead atoms. The third-order valence-electron chi connectivity index (χ3n) is 3.25. The number of likely N-dealkylation sites (tertiary alicyclic amines) is 1. The predicted octanol–water partition coefficient (Wildman–Crippen LogP) is 0.771. The molecule has 0 atom stereocenters. The monoisotopic (exact) mass is 213 g/mol. The maximum atomic E-state index is 11.4. The highest BCUT2D eigenvalue weighted by molar-refractivity contribution is 5.86. The second-order valence-electron chi connectivity index (χ2n) is 4.28. The molecule has 1 fully saturated rings. The Balaban J connectivity index is 2.59. The first-order valence-corrected chi connectivity index (χ1v) is 5.29. The topological polar surface area (TPSA) is 78.9 Å². The summed E-state index contributed by atoms with van der Waals surface area (Å²) in [6.07, 6.45) is 2.06. The van der Waals surface area contributed by atoms with Gasteiger partial charge in [0.2, 0.25) is 5.91 Å². The normalized spacial score (nSPS) is 21.5. The Morgan fingerprint density at radius 1 is 1.53 bits per heavy atom. The van der Waals surface area contributed by atoms with E-state index in [0.29, 0.717) is 19.5 Å². The van der Waals surface area contributed by atoms with Crippen molar-refractivity contribution in [2.45, 2.75) is 33.1 Å². The van der Waals surface area contributed by atoms with Crippen molar-refractivity contribution in [1.82, 2.24) is 4.90 Å². The number of amides is 1. The van der Waals surface area contributed by atoms with Crippen LogP contribution < -0.4 is 5.73 Å². The third kappa shape index (κ3) is 2.40. The molecule has 5 nitrogen and oxygen atoms in total. The van der Waals surface area contributed by atoms with Crippen LogP contribution >= 0.6 is 0 Å².